The molecule has 16 heavy (non-hydrogen) atoms. The average Bonchev–Trinajstić information content (AvgIpc) is 2.28. The lowest BCUT2D eigenvalue weighted by Crippen LogP contribution is -2.04. The van der Waals surface area contributed by atoms with E-state index < -0.39 is 5.97 Å². The zero-order valence-corrected chi connectivity index (χ0v) is 9.58. The topological polar surface area (TPSA) is 65.0 Å². The number of hydrogen-bond acceptors (Lipinski definition) is 5. The van der Waals surface area contributed by atoms with Gasteiger partial charge in [0.25, 0.3) is 0 Å². The van der Waals surface area contributed by atoms with Crippen molar-refractivity contribution in [2.24, 2.45) is 0 Å². The maximum absolute atomic E-state index is 11.5. The second-order valence-corrected chi connectivity index (χ2v) is 3.59. The molecule has 0 amide bonds. The zero-order valence-electron chi connectivity index (χ0n) is 8.07. The number of rotatable bonds is 1. The molecule has 0 aliphatic rings. The van der Waals surface area contributed by atoms with Crippen LogP contribution in [-0.4, -0.2) is 28.0 Å². The fourth-order valence-corrected chi connectivity index (χ4v) is 1.61. The van der Waals surface area contributed by atoms with Crippen LogP contribution < -0.4 is 0 Å². The van der Waals surface area contributed by atoms with Crippen LogP contribution in [0.4, 0.5) is 0 Å². The van der Waals surface area contributed by atoms with Crippen molar-refractivity contribution in [1.82, 2.24) is 15.0 Å². The molecule has 0 fully saturated rings. The van der Waals surface area contributed by atoms with Crippen molar-refractivity contribution in [3.63, 3.8) is 0 Å². The van der Waals surface area contributed by atoms with E-state index >= 15 is 0 Å². The summed E-state index contributed by atoms with van der Waals surface area (Å²) in [7, 11) is 1.27. The van der Waals surface area contributed by atoms with Crippen LogP contribution in [0.2, 0.25) is 10.3 Å². The summed E-state index contributed by atoms with van der Waals surface area (Å²) in [5, 5.41) is 0.266. The molecule has 0 spiro atoms. The first kappa shape index (κ1) is 11.0. The third kappa shape index (κ3) is 1.79. The van der Waals surface area contributed by atoms with E-state index in [2.05, 4.69) is 19.7 Å². The lowest BCUT2D eigenvalue weighted by atomic mass is 10.2. The Morgan fingerprint density at radius 3 is 2.75 bits per heavy atom. The summed E-state index contributed by atoms with van der Waals surface area (Å²) < 4.78 is 4.61. The van der Waals surface area contributed by atoms with Gasteiger partial charge in [0.1, 0.15) is 22.5 Å². The first-order valence-electron chi connectivity index (χ1n) is 4.18. The van der Waals surface area contributed by atoms with Gasteiger partial charge in [0, 0.05) is 0 Å². The van der Waals surface area contributed by atoms with E-state index in [-0.39, 0.29) is 21.4 Å². The van der Waals surface area contributed by atoms with Crippen LogP contribution in [0.3, 0.4) is 0 Å². The Morgan fingerprint density at radius 1 is 1.31 bits per heavy atom. The van der Waals surface area contributed by atoms with Gasteiger partial charge in [0.2, 0.25) is 0 Å². The average molecular weight is 258 g/mol. The normalized spacial score (nSPS) is 10.4. The molecule has 0 saturated carbocycles. The molecule has 0 bridgehead atoms. The van der Waals surface area contributed by atoms with E-state index in [0.29, 0.717) is 5.52 Å². The molecule has 2 rings (SSSR count). The van der Waals surface area contributed by atoms with E-state index in [9.17, 15) is 4.79 Å². The molecule has 0 unspecified atom stereocenters. The van der Waals surface area contributed by atoms with Crippen molar-refractivity contribution >= 4 is 40.2 Å². The van der Waals surface area contributed by atoms with Gasteiger partial charge in [-0.3, -0.25) is 0 Å². The molecule has 0 aliphatic carbocycles. The van der Waals surface area contributed by atoms with Crippen LogP contribution >= 0.6 is 23.2 Å². The van der Waals surface area contributed by atoms with Gasteiger partial charge in [0.15, 0.2) is 5.15 Å². The Labute approximate surface area is 100 Å². The van der Waals surface area contributed by atoms with Crippen LogP contribution in [0, 0.1) is 0 Å². The number of hydrogen-bond donors (Lipinski definition) is 0. The molecule has 0 radical (unpaired) electrons. The number of nitrogens with zero attached hydrogens (tertiary/aromatic N) is 3. The van der Waals surface area contributed by atoms with Gasteiger partial charge in [0.05, 0.1) is 12.7 Å². The predicted octanol–water partition coefficient (Wildman–Crippen LogP) is 2.12. The summed E-state index contributed by atoms with van der Waals surface area (Å²) in [5.41, 5.74) is 0.801. The molecule has 2 aromatic rings. The second kappa shape index (κ2) is 4.19. The fraction of sp³-hybridized carbons (Fsp3) is 0.111. The van der Waals surface area contributed by atoms with Crippen LogP contribution in [-0.2, 0) is 4.74 Å². The summed E-state index contributed by atoms with van der Waals surface area (Å²) in [6.45, 7) is 0. The number of pyridine rings is 1. The van der Waals surface area contributed by atoms with Gasteiger partial charge in [-0.25, -0.2) is 19.7 Å². The Bertz CT molecular complexity index is 574. The van der Waals surface area contributed by atoms with Gasteiger partial charge in [-0.1, -0.05) is 23.2 Å². The van der Waals surface area contributed by atoms with E-state index in [1.54, 1.807) is 0 Å². The fourth-order valence-electron chi connectivity index (χ4n) is 1.25. The summed E-state index contributed by atoms with van der Waals surface area (Å²) in [4.78, 5) is 23.1. The standard InChI is InChI=1S/C9H5Cl2N3O2/c1-16-9(15)4-2-5(10)14-7-6(4)12-3-13-8(7)11/h2-3H,1H3. The maximum atomic E-state index is 11.5. The summed E-state index contributed by atoms with van der Waals surface area (Å²) in [5.74, 6) is -0.552. The maximum Gasteiger partial charge on any atom is 0.340 e. The molecule has 0 N–H and O–H groups in total. The Morgan fingerprint density at radius 2 is 2.06 bits per heavy atom. The second-order valence-electron chi connectivity index (χ2n) is 2.85. The highest BCUT2D eigenvalue weighted by atomic mass is 35.5. The highest BCUT2D eigenvalue weighted by Crippen LogP contribution is 2.23. The summed E-state index contributed by atoms with van der Waals surface area (Å²) >= 11 is 11.6. The molecule has 0 atom stereocenters. The first-order valence-corrected chi connectivity index (χ1v) is 4.94. The minimum atomic E-state index is -0.552. The largest absolute Gasteiger partial charge is 0.465 e. The smallest absolute Gasteiger partial charge is 0.340 e. The van der Waals surface area contributed by atoms with Gasteiger partial charge >= 0.3 is 5.97 Å². The number of carbonyl (C=O) groups is 1. The van der Waals surface area contributed by atoms with Gasteiger partial charge < -0.3 is 4.74 Å². The minimum absolute atomic E-state index is 0.129. The molecule has 0 aromatic carbocycles. The number of aromatic nitrogens is 3. The molecule has 7 heteroatoms. The lowest BCUT2D eigenvalue weighted by molar-refractivity contribution is 0.0602. The van der Waals surface area contributed by atoms with Crippen molar-refractivity contribution in [1.29, 1.82) is 0 Å². The molecular weight excluding hydrogens is 253 g/mol. The number of ether oxygens (including phenoxy) is 1. The molecule has 0 saturated heterocycles. The number of fused-ring (bicyclic) bond motifs is 1. The van der Waals surface area contributed by atoms with Crippen LogP contribution in [0.1, 0.15) is 10.4 Å². The Balaban J connectivity index is 2.83. The summed E-state index contributed by atoms with van der Waals surface area (Å²) in [6.07, 6.45) is 1.24. The van der Waals surface area contributed by atoms with Crippen LogP contribution in [0.5, 0.6) is 0 Å². The first-order chi connectivity index (χ1) is 7.63. The van der Waals surface area contributed by atoms with Crippen LogP contribution in [0.25, 0.3) is 11.0 Å². The molecule has 5 nitrogen and oxygen atoms in total. The van der Waals surface area contributed by atoms with Crippen LogP contribution in [0.15, 0.2) is 12.4 Å². The summed E-state index contributed by atoms with van der Waals surface area (Å²) in [6, 6.07) is 1.37. The number of esters is 1. The van der Waals surface area contributed by atoms with E-state index in [1.165, 1.54) is 19.5 Å². The monoisotopic (exact) mass is 257 g/mol. The van der Waals surface area contributed by atoms with E-state index in [4.69, 9.17) is 23.2 Å². The SMILES string of the molecule is COC(=O)c1cc(Cl)nc2c(Cl)ncnc12. The van der Waals surface area contributed by atoms with Gasteiger partial charge in [-0.15, -0.1) is 0 Å². The zero-order chi connectivity index (χ0) is 11.7. The van der Waals surface area contributed by atoms with Gasteiger partial charge in [-0.05, 0) is 6.07 Å². The third-order valence-electron chi connectivity index (χ3n) is 1.92. The quantitative estimate of drug-likeness (QED) is 0.445. The van der Waals surface area contributed by atoms with Crippen molar-refractivity contribution in [3.8, 4) is 0 Å². The number of carbonyl (C=O) groups excluding carboxylic acids is 1. The van der Waals surface area contributed by atoms with E-state index in [0.717, 1.165) is 0 Å². The van der Waals surface area contributed by atoms with Crippen molar-refractivity contribution in [3.05, 3.63) is 28.3 Å². The highest BCUT2D eigenvalue weighted by Gasteiger charge is 2.16. The van der Waals surface area contributed by atoms with E-state index in [1.807, 2.05) is 0 Å². The Kier molecular flexibility index (Phi) is 2.89. The Hall–Kier alpha value is -1.46. The number of halogens is 2. The van der Waals surface area contributed by atoms with Crippen molar-refractivity contribution < 1.29 is 9.53 Å². The molecule has 2 heterocycles. The van der Waals surface area contributed by atoms with Crippen molar-refractivity contribution in [2.75, 3.05) is 7.11 Å². The van der Waals surface area contributed by atoms with Gasteiger partial charge in [-0.2, -0.15) is 0 Å². The number of methoxy groups -OCH3 is 1. The molecule has 2 aromatic heterocycles. The van der Waals surface area contributed by atoms with Crippen molar-refractivity contribution in [2.45, 2.75) is 0 Å². The molecule has 0 aliphatic heterocycles. The minimum Gasteiger partial charge on any atom is -0.465 e. The lowest BCUT2D eigenvalue weighted by Gasteiger charge is -2.04. The molecular formula is C9H5Cl2N3O2. The predicted molar refractivity (Wildman–Crippen MR) is 58.7 cm³/mol. The third-order valence-corrected chi connectivity index (χ3v) is 2.39. The highest BCUT2D eigenvalue weighted by molar-refractivity contribution is 6.35. The molecule has 82 valence electrons.